The topological polar surface area (TPSA) is 73.1 Å². The molecule has 0 saturated carbocycles. The molecule has 0 aromatic carbocycles. The lowest BCUT2D eigenvalue weighted by Gasteiger charge is -1.96. The second-order valence-electron chi connectivity index (χ2n) is 1.90. The van der Waals surface area contributed by atoms with Crippen LogP contribution in [0.2, 0.25) is 0 Å². The summed E-state index contributed by atoms with van der Waals surface area (Å²) in [5.41, 5.74) is 6.18. The van der Waals surface area contributed by atoms with Crippen molar-refractivity contribution < 1.29 is 4.74 Å². The molecule has 10 heavy (non-hydrogen) atoms. The zero-order valence-corrected chi connectivity index (χ0v) is 5.16. The fourth-order valence-electron chi connectivity index (χ4n) is 0.834. The van der Waals surface area contributed by atoms with E-state index in [2.05, 4.69) is 15.3 Å². The monoisotopic (exact) mass is 138 g/mol. The number of nitrogens with zero attached hydrogens (tertiary/aromatic N) is 2. The van der Waals surface area contributed by atoms with Crippen LogP contribution in [0.5, 0.6) is 5.88 Å². The molecule has 1 aromatic rings. The summed E-state index contributed by atoms with van der Waals surface area (Å²) in [6.45, 7) is 0.429. The number of nitrogens with two attached hydrogens (primary N) is 1. The number of hydrogen-bond donors (Lipinski definition) is 2. The predicted molar refractivity (Wildman–Crippen MR) is 35.6 cm³/mol. The average Bonchev–Trinajstić information content (AvgIpc) is 2.36. The van der Waals surface area contributed by atoms with E-state index in [-0.39, 0.29) is 0 Å². The standard InChI is InChI=1S/C5H6N4O/c6-4-3-5(8-1-7-4)10-2-9-3/h1,9H,2H2,(H2,6,7,8). The van der Waals surface area contributed by atoms with Crippen LogP contribution in [0, 0.1) is 0 Å². The maximum absolute atomic E-state index is 5.48. The van der Waals surface area contributed by atoms with Crippen LogP contribution in [-0.2, 0) is 0 Å². The highest BCUT2D eigenvalue weighted by atomic mass is 16.5. The Morgan fingerprint density at radius 2 is 2.50 bits per heavy atom. The van der Waals surface area contributed by atoms with Crippen LogP contribution in [-0.4, -0.2) is 16.7 Å². The number of ether oxygens (including phenoxy) is 1. The zero-order valence-electron chi connectivity index (χ0n) is 5.16. The van der Waals surface area contributed by atoms with Crippen LogP contribution in [0.15, 0.2) is 6.33 Å². The molecule has 5 nitrogen and oxygen atoms in total. The number of anilines is 2. The van der Waals surface area contributed by atoms with Gasteiger partial charge in [0.05, 0.1) is 0 Å². The summed E-state index contributed by atoms with van der Waals surface area (Å²) in [6, 6.07) is 0. The van der Waals surface area contributed by atoms with Gasteiger partial charge >= 0.3 is 0 Å². The van der Waals surface area contributed by atoms with Gasteiger partial charge in [-0.15, -0.1) is 0 Å². The van der Waals surface area contributed by atoms with Crippen molar-refractivity contribution in [2.75, 3.05) is 17.8 Å². The smallest absolute Gasteiger partial charge is 0.244 e. The number of nitrogens with one attached hydrogen (secondary N) is 1. The number of hydrogen-bond acceptors (Lipinski definition) is 5. The van der Waals surface area contributed by atoms with Crippen LogP contribution in [0.1, 0.15) is 0 Å². The normalized spacial score (nSPS) is 13.6. The first kappa shape index (κ1) is 5.28. The molecule has 0 spiro atoms. The summed E-state index contributed by atoms with van der Waals surface area (Å²) in [5, 5.41) is 2.90. The highest BCUT2D eigenvalue weighted by Crippen LogP contribution is 2.29. The fourth-order valence-corrected chi connectivity index (χ4v) is 0.834. The first-order chi connectivity index (χ1) is 4.88. The molecular formula is C5H6N4O. The van der Waals surface area contributed by atoms with Gasteiger partial charge in [0.1, 0.15) is 12.0 Å². The van der Waals surface area contributed by atoms with Crippen molar-refractivity contribution in [1.29, 1.82) is 0 Å². The van der Waals surface area contributed by atoms with Crippen molar-refractivity contribution >= 4 is 11.5 Å². The highest BCUT2D eigenvalue weighted by Gasteiger charge is 2.15. The molecule has 1 aromatic heterocycles. The van der Waals surface area contributed by atoms with E-state index >= 15 is 0 Å². The van der Waals surface area contributed by atoms with Crippen molar-refractivity contribution in [2.45, 2.75) is 0 Å². The second kappa shape index (κ2) is 1.73. The van der Waals surface area contributed by atoms with Gasteiger partial charge in [-0.05, 0) is 0 Å². The SMILES string of the molecule is Nc1ncnc2c1NCO2. The summed E-state index contributed by atoms with van der Waals surface area (Å²) in [6.07, 6.45) is 1.38. The minimum absolute atomic E-state index is 0.429. The summed E-state index contributed by atoms with van der Waals surface area (Å²) >= 11 is 0. The van der Waals surface area contributed by atoms with E-state index < -0.39 is 0 Å². The van der Waals surface area contributed by atoms with Crippen molar-refractivity contribution in [3.8, 4) is 5.88 Å². The van der Waals surface area contributed by atoms with Crippen molar-refractivity contribution in [3.63, 3.8) is 0 Å². The molecule has 52 valence electrons. The van der Waals surface area contributed by atoms with Gasteiger partial charge in [0.15, 0.2) is 12.5 Å². The Bertz CT molecular complexity index is 262. The molecule has 0 unspecified atom stereocenters. The van der Waals surface area contributed by atoms with Crippen LogP contribution >= 0.6 is 0 Å². The molecular weight excluding hydrogens is 132 g/mol. The largest absolute Gasteiger partial charge is 0.455 e. The van der Waals surface area contributed by atoms with Gasteiger partial charge in [0, 0.05) is 0 Å². The predicted octanol–water partition coefficient (Wildman–Crippen LogP) is -0.179. The van der Waals surface area contributed by atoms with E-state index in [1.165, 1.54) is 6.33 Å². The molecule has 1 aliphatic heterocycles. The molecule has 1 aliphatic rings. The molecule has 3 N–H and O–H groups in total. The summed E-state index contributed by atoms with van der Waals surface area (Å²) in [5.74, 6) is 0.968. The Balaban J connectivity index is 2.59. The second-order valence-corrected chi connectivity index (χ2v) is 1.90. The third kappa shape index (κ3) is 0.570. The van der Waals surface area contributed by atoms with Crippen LogP contribution in [0.3, 0.4) is 0 Å². The van der Waals surface area contributed by atoms with Crippen LogP contribution in [0.25, 0.3) is 0 Å². The molecule has 0 bridgehead atoms. The number of rotatable bonds is 0. The molecule has 0 atom stereocenters. The Kier molecular flexibility index (Phi) is 0.913. The Morgan fingerprint density at radius 3 is 3.30 bits per heavy atom. The lowest BCUT2D eigenvalue weighted by molar-refractivity contribution is 0.359. The van der Waals surface area contributed by atoms with Gasteiger partial charge in [-0.3, -0.25) is 0 Å². The van der Waals surface area contributed by atoms with Crippen molar-refractivity contribution in [3.05, 3.63) is 6.33 Å². The average molecular weight is 138 g/mol. The maximum atomic E-state index is 5.48. The Labute approximate surface area is 57.2 Å². The van der Waals surface area contributed by atoms with E-state index in [0.29, 0.717) is 24.1 Å². The van der Waals surface area contributed by atoms with Gasteiger partial charge in [-0.1, -0.05) is 0 Å². The zero-order chi connectivity index (χ0) is 6.97. The highest BCUT2D eigenvalue weighted by molar-refractivity contribution is 5.68. The molecule has 0 radical (unpaired) electrons. The number of fused-ring (bicyclic) bond motifs is 1. The molecule has 0 fully saturated rings. The molecule has 2 heterocycles. The van der Waals surface area contributed by atoms with Gasteiger partial charge in [-0.25, -0.2) is 4.98 Å². The van der Waals surface area contributed by atoms with Gasteiger partial charge in [0.2, 0.25) is 5.88 Å². The van der Waals surface area contributed by atoms with E-state index in [1.54, 1.807) is 0 Å². The van der Waals surface area contributed by atoms with Crippen LogP contribution < -0.4 is 15.8 Å². The van der Waals surface area contributed by atoms with Gasteiger partial charge in [0.25, 0.3) is 0 Å². The van der Waals surface area contributed by atoms with E-state index in [0.717, 1.165) is 0 Å². The lowest BCUT2D eigenvalue weighted by atomic mass is 10.5. The van der Waals surface area contributed by atoms with Crippen molar-refractivity contribution in [1.82, 2.24) is 9.97 Å². The third-order valence-electron chi connectivity index (χ3n) is 1.30. The Morgan fingerprint density at radius 1 is 1.60 bits per heavy atom. The van der Waals surface area contributed by atoms with Crippen LogP contribution in [0.4, 0.5) is 11.5 Å². The first-order valence-electron chi connectivity index (χ1n) is 2.85. The molecule has 0 aliphatic carbocycles. The van der Waals surface area contributed by atoms with E-state index in [1.807, 2.05) is 0 Å². The molecule has 2 rings (SSSR count). The minimum Gasteiger partial charge on any atom is -0.455 e. The number of aromatic nitrogens is 2. The summed E-state index contributed by atoms with van der Waals surface area (Å²) in [7, 11) is 0. The maximum Gasteiger partial charge on any atom is 0.244 e. The van der Waals surface area contributed by atoms with E-state index in [9.17, 15) is 0 Å². The van der Waals surface area contributed by atoms with E-state index in [4.69, 9.17) is 10.5 Å². The summed E-state index contributed by atoms with van der Waals surface area (Å²) in [4.78, 5) is 7.62. The quantitative estimate of drug-likeness (QED) is 0.520. The van der Waals surface area contributed by atoms with Crippen molar-refractivity contribution in [2.24, 2.45) is 0 Å². The number of nitrogen functional groups attached to an aromatic ring is 1. The Hall–Kier alpha value is -1.52. The fraction of sp³-hybridized carbons (Fsp3) is 0.200. The molecule has 0 saturated heterocycles. The van der Waals surface area contributed by atoms with Gasteiger partial charge < -0.3 is 15.8 Å². The molecule has 5 heteroatoms. The summed E-state index contributed by atoms with van der Waals surface area (Å²) < 4.78 is 5.04. The first-order valence-corrected chi connectivity index (χ1v) is 2.85. The lowest BCUT2D eigenvalue weighted by Crippen LogP contribution is -1.98. The third-order valence-corrected chi connectivity index (χ3v) is 1.30. The van der Waals surface area contributed by atoms with Gasteiger partial charge in [-0.2, -0.15) is 4.98 Å². The molecule has 0 amide bonds. The minimum atomic E-state index is 0.429.